The van der Waals surface area contributed by atoms with E-state index in [1.54, 1.807) is 11.8 Å². The lowest BCUT2D eigenvalue weighted by atomic mass is 10.1. The number of aliphatic hydroxyl groups is 1. The molecule has 0 unspecified atom stereocenters. The maximum absolute atomic E-state index is 13.5. The minimum atomic E-state index is -0.431. The number of rotatable bonds is 1. The molecule has 98 valence electrons. The van der Waals surface area contributed by atoms with Gasteiger partial charge in [0.05, 0.1) is 16.7 Å². The Morgan fingerprint density at radius 3 is 2.67 bits per heavy atom. The fourth-order valence-electron chi connectivity index (χ4n) is 2.05. The van der Waals surface area contributed by atoms with E-state index in [-0.39, 0.29) is 22.6 Å². The number of carbonyl (C=O) groups is 1. The Kier molecular flexibility index (Phi) is 3.88. The number of aryl methyl sites for hydroxylation is 1. The largest absolute Gasteiger partial charge is 0.393 e. The van der Waals surface area contributed by atoms with Crippen molar-refractivity contribution in [1.82, 2.24) is 4.90 Å². The molecule has 0 saturated carbocycles. The molecule has 2 rings (SSSR count). The van der Waals surface area contributed by atoms with Crippen molar-refractivity contribution >= 4 is 17.5 Å². The Labute approximate surface area is 110 Å². The Morgan fingerprint density at radius 1 is 1.44 bits per heavy atom. The molecule has 0 aliphatic carbocycles. The van der Waals surface area contributed by atoms with Gasteiger partial charge in [-0.2, -0.15) is 0 Å². The van der Waals surface area contributed by atoms with Crippen LogP contribution in [0.2, 0.25) is 5.02 Å². The molecule has 0 aromatic heterocycles. The van der Waals surface area contributed by atoms with Gasteiger partial charge in [-0.05, 0) is 37.5 Å². The molecule has 1 aromatic carbocycles. The summed E-state index contributed by atoms with van der Waals surface area (Å²) in [6.07, 6.45) is 0.759. The average molecular weight is 272 g/mol. The van der Waals surface area contributed by atoms with E-state index in [0.717, 1.165) is 0 Å². The molecule has 1 heterocycles. The summed E-state index contributed by atoms with van der Waals surface area (Å²) in [5.74, 6) is -0.703. The number of aliphatic hydroxyl groups excluding tert-OH is 1. The van der Waals surface area contributed by atoms with Gasteiger partial charge in [-0.1, -0.05) is 11.6 Å². The number of hydrogen-bond acceptors (Lipinski definition) is 2. The predicted molar refractivity (Wildman–Crippen MR) is 67.3 cm³/mol. The van der Waals surface area contributed by atoms with Gasteiger partial charge < -0.3 is 10.0 Å². The Balaban J connectivity index is 2.21. The highest BCUT2D eigenvalue weighted by molar-refractivity contribution is 6.33. The van der Waals surface area contributed by atoms with Crippen molar-refractivity contribution in [2.45, 2.75) is 25.9 Å². The van der Waals surface area contributed by atoms with Crippen LogP contribution < -0.4 is 0 Å². The predicted octanol–water partition coefficient (Wildman–Crippen LogP) is 2.38. The zero-order valence-electron chi connectivity index (χ0n) is 10.1. The second-order valence-corrected chi connectivity index (χ2v) is 5.01. The maximum atomic E-state index is 13.5. The molecule has 1 N–H and O–H groups in total. The number of nitrogens with zero attached hydrogens (tertiary/aromatic N) is 1. The maximum Gasteiger partial charge on any atom is 0.255 e. The SMILES string of the molecule is Cc1cc(Cl)c(C(=O)N2CCC(O)CC2)cc1F. The number of piperidine rings is 1. The molecule has 1 amide bonds. The van der Waals surface area contributed by atoms with Gasteiger partial charge in [0.2, 0.25) is 0 Å². The van der Waals surface area contributed by atoms with E-state index < -0.39 is 5.82 Å². The van der Waals surface area contributed by atoms with Gasteiger partial charge in [0.15, 0.2) is 0 Å². The number of benzene rings is 1. The molecular formula is C13H15ClFNO2. The van der Waals surface area contributed by atoms with E-state index in [9.17, 15) is 14.3 Å². The van der Waals surface area contributed by atoms with Crippen LogP contribution in [0.5, 0.6) is 0 Å². The highest BCUT2D eigenvalue weighted by Gasteiger charge is 2.24. The fraction of sp³-hybridized carbons (Fsp3) is 0.462. The third kappa shape index (κ3) is 2.65. The molecule has 1 saturated heterocycles. The van der Waals surface area contributed by atoms with Crippen LogP contribution in [0.15, 0.2) is 12.1 Å². The van der Waals surface area contributed by atoms with Crippen molar-refractivity contribution in [2.75, 3.05) is 13.1 Å². The lowest BCUT2D eigenvalue weighted by Gasteiger charge is -2.29. The first-order chi connectivity index (χ1) is 8.49. The zero-order chi connectivity index (χ0) is 13.3. The molecular weight excluding hydrogens is 257 g/mol. The molecule has 18 heavy (non-hydrogen) atoms. The summed E-state index contributed by atoms with van der Waals surface area (Å²) in [4.78, 5) is 13.8. The number of hydrogen-bond donors (Lipinski definition) is 1. The molecule has 3 nitrogen and oxygen atoms in total. The third-order valence-corrected chi connectivity index (χ3v) is 3.54. The minimum absolute atomic E-state index is 0.191. The molecule has 1 aliphatic heterocycles. The first-order valence-electron chi connectivity index (χ1n) is 5.92. The van der Waals surface area contributed by atoms with Crippen LogP contribution in [0.3, 0.4) is 0 Å². The standard InChI is InChI=1S/C13H15ClFNO2/c1-8-6-11(14)10(7-12(8)15)13(18)16-4-2-9(17)3-5-16/h6-7,9,17H,2-5H2,1H3. The van der Waals surface area contributed by atoms with Gasteiger partial charge in [0, 0.05) is 13.1 Å². The first kappa shape index (κ1) is 13.3. The molecule has 1 fully saturated rings. The van der Waals surface area contributed by atoms with Crippen molar-refractivity contribution in [3.63, 3.8) is 0 Å². The number of amides is 1. The summed E-state index contributed by atoms with van der Waals surface area (Å²) >= 11 is 5.98. The molecule has 0 radical (unpaired) electrons. The summed E-state index contributed by atoms with van der Waals surface area (Å²) in [6, 6.07) is 2.65. The third-order valence-electron chi connectivity index (χ3n) is 3.23. The van der Waals surface area contributed by atoms with Crippen LogP contribution in [0.25, 0.3) is 0 Å². The highest BCUT2D eigenvalue weighted by atomic mass is 35.5. The van der Waals surface area contributed by atoms with E-state index in [1.807, 2.05) is 0 Å². The summed E-state index contributed by atoms with van der Waals surface area (Å²) in [5, 5.41) is 9.66. The van der Waals surface area contributed by atoms with Crippen LogP contribution in [-0.2, 0) is 0 Å². The van der Waals surface area contributed by atoms with Gasteiger partial charge in [0.1, 0.15) is 5.82 Å². The molecule has 0 spiro atoms. The fourth-order valence-corrected chi connectivity index (χ4v) is 2.35. The lowest BCUT2D eigenvalue weighted by Crippen LogP contribution is -2.40. The summed E-state index contributed by atoms with van der Waals surface area (Å²) in [6.45, 7) is 2.56. The molecule has 5 heteroatoms. The quantitative estimate of drug-likeness (QED) is 0.852. The Bertz CT molecular complexity index is 470. The first-order valence-corrected chi connectivity index (χ1v) is 6.30. The Morgan fingerprint density at radius 2 is 2.06 bits per heavy atom. The van der Waals surface area contributed by atoms with Crippen molar-refractivity contribution in [1.29, 1.82) is 0 Å². The van der Waals surface area contributed by atoms with Crippen LogP contribution >= 0.6 is 11.6 Å². The second-order valence-electron chi connectivity index (χ2n) is 4.60. The molecule has 1 aliphatic rings. The molecule has 0 bridgehead atoms. The van der Waals surface area contributed by atoms with E-state index in [0.29, 0.717) is 31.5 Å². The molecule has 1 aromatic rings. The van der Waals surface area contributed by atoms with E-state index in [4.69, 9.17) is 11.6 Å². The number of halogens is 2. The minimum Gasteiger partial charge on any atom is -0.393 e. The monoisotopic (exact) mass is 271 g/mol. The van der Waals surface area contributed by atoms with E-state index in [1.165, 1.54) is 12.1 Å². The average Bonchev–Trinajstić information content (AvgIpc) is 2.34. The van der Waals surface area contributed by atoms with E-state index >= 15 is 0 Å². The van der Waals surface area contributed by atoms with Crippen LogP contribution in [0.4, 0.5) is 4.39 Å². The second kappa shape index (κ2) is 5.24. The van der Waals surface area contributed by atoms with Crippen molar-refractivity contribution in [3.8, 4) is 0 Å². The van der Waals surface area contributed by atoms with Crippen LogP contribution in [-0.4, -0.2) is 35.1 Å². The lowest BCUT2D eigenvalue weighted by molar-refractivity contribution is 0.0546. The number of likely N-dealkylation sites (tertiary alicyclic amines) is 1. The van der Waals surface area contributed by atoms with Crippen molar-refractivity contribution < 1.29 is 14.3 Å². The van der Waals surface area contributed by atoms with Crippen LogP contribution in [0, 0.1) is 12.7 Å². The summed E-state index contributed by atoms with van der Waals surface area (Å²) in [7, 11) is 0. The van der Waals surface area contributed by atoms with E-state index in [2.05, 4.69) is 0 Å². The highest BCUT2D eigenvalue weighted by Crippen LogP contribution is 2.23. The summed E-state index contributed by atoms with van der Waals surface area (Å²) in [5.41, 5.74) is 0.613. The smallest absolute Gasteiger partial charge is 0.255 e. The Hall–Kier alpha value is -1.13. The van der Waals surface area contributed by atoms with Crippen LogP contribution in [0.1, 0.15) is 28.8 Å². The normalized spacial score (nSPS) is 17.0. The summed E-state index contributed by atoms with van der Waals surface area (Å²) < 4.78 is 13.5. The van der Waals surface area contributed by atoms with Gasteiger partial charge in [-0.3, -0.25) is 4.79 Å². The van der Waals surface area contributed by atoms with Gasteiger partial charge in [0.25, 0.3) is 5.91 Å². The van der Waals surface area contributed by atoms with Gasteiger partial charge >= 0.3 is 0 Å². The zero-order valence-corrected chi connectivity index (χ0v) is 10.9. The van der Waals surface area contributed by atoms with Gasteiger partial charge in [-0.15, -0.1) is 0 Å². The van der Waals surface area contributed by atoms with Gasteiger partial charge in [-0.25, -0.2) is 4.39 Å². The van der Waals surface area contributed by atoms with Crippen molar-refractivity contribution in [3.05, 3.63) is 34.1 Å². The van der Waals surface area contributed by atoms with Crippen molar-refractivity contribution in [2.24, 2.45) is 0 Å². The molecule has 0 atom stereocenters. The number of carbonyl (C=O) groups excluding carboxylic acids is 1. The topological polar surface area (TPSA) is 40.5 Å².